The van der Waals surface area contributed by atoms with Crippen molar-refractivity contribution in [2.45, 2.75) is 46.5 Å². The molecule has 4 aromatic rings. The molecule has 2 heterocycles. The Balaban J connectivity index is 1.80. The first-order valence-corrected chi connectivity index (χ1v) is 11.9. The summed E-state index contributed by atoms with van der Waals surface area (Å²) < 4.78 is 18.8. The van der Waals surface area contributed by atoms with Crippen molar-refractivity contribution in [1.82, 2.24) is 0 Å². The second-order valence-electron chi connectivity index (χ2n) is 10.4. The molecule has 35 heavy (non-hydrogen) atoms. The average Bonchev–Trinajstić information content (AvgIpc) is 3.43. The number of carbonyl (C=O) groups excluding carboxylic acids is 1. The van der Waals surface area contributed by atoms with Gasteiger partial charge in [0.1, 0.15) is 5.76 Å². The first-order chi connectivity index (χ1) is 16.7. The zero-order valence-electron chi connectivity index (χ0n) is 20.8. The first-order valence-electron chi connectivity index (χ1n) is 11.9. The molecule has 0 aliphatic carbocycles. The van der Waals surface area contributed by atoms with E-state index in [0.717, 1.165) is 27.8 Å². The molecule has 0 saturated carbocycles. The van der Waals surface area contributed by atoms with Crippen molar-refractivity contribution in [3.63, 3.8) is 0 Å². The van der Waals surface area contributed by atoms with Crippen molar-refractivity contribution in [2.75, 3.05) is 0 Å². The van der Waals surface area contributed by atoms with Crippen LogP contribution in [0.25, 0.3) is 22.5 Å². The fourth-order valence-electron chi connectivity index (χ4n) is 4.50. The van der Waals surface area contributed by atoms with E-state index in [-0.39, 0.29) is 0 Å². The van der Waals surface area contributed by atoms with Gasteiger partial charge in [-0.3, -0.25) is 0 Å². The summed E-state index contributed by atoms with van der Waals surface area (Å²) in [5.41, 5.74) is 4.50. The quantitative estimate of drug-likeness (QED) is 0.294. The standard InChI is InChI=1S/C31H30O4/c1-20-11-15-22(16-12-20)26-25(19-33-27(26)23-17-13-21(2)14-18-23)31(24-9-7-6-8-10-24)28(32)34-29(35-31)30(3,4)5/h6-19,29H,1-5H3/t29-,31-/m1/s1. The number of aryl methyl sites for hydroxylation is 2. The molecule has 1 aliphatic heterocycles. The SMILES string of the molecule is Cc1ccc(-c2occ([C@@]3(c4ccccc4)O[C@H](C(C)(C)C)OC3=O)c2-c2ccc(C)cc2)cc1. The van der Waals surface area contributed by atoms with Crippen molar-refractivity contribution in [2.24, 2.45) is 5.41 Å². The van der Waals surface area contributed by atoms with Gasteiger partial charge in [-0.1, -0.05) is 111 Å². The van der Waals surface area contributed by atoms with E-state index >= 15 is 0 Å². The Morgan fingerprint density at radius 2 is 1.34 bits per heavy atom. The van der Waals surface area contributed by atoms with Crippen LogP contribution < -0.4 is 0 Å². The summed E-state index contributed by atoms with van der Waals surface area (Å²) >= 11 is 0. The molecule has 0 N–H and O–H groups in total. The third-order valence-corrected chi connectivity index (χ3v) is 6.50. The van der Waals surface area contributed by atoms with Gasteiger partial charge in [0.05, 0.1) is 6.26 Å². The smallest absolute Gasteiger partial charge is 0.350 e. The highest BCUT2D eigenvalue weighted by molar-refractivity contribution is 5.93. The van der Waals surface area contributed by atoms with Crippen LogP contribution in [0.4, 0.5) is 0 Å². The Bertz CT molecular complexity index is 1340. The number of furan rings is 1. The second kappa shape index (κ2) is 8.54. The van der Waals surface area contributed by atoms with Crippen LogP contribution in [0, 0.1) is 19.3 Å². The normalized spacial score (nSPS) is 20.1. The fourth-order valence-corrected chi connectivity index (χ4v) is 4.50. The molecule has 2 atom stereocenters. The Hall–Kier alpha value is -3.63. The van der Waals surface area contributed by atoms with Gasteiger partial charge in [0.2, 0.25) is 11.9 Å². The van der Waals surface area contributed by atoms with Gasteiger partial charge in [-0.25, -0.2) is 4.79 Å². The van der Waals surface area contributed by atoms with Gasteiger partial charge in [-0.15, -0.1) is 0 Å². The molecule has 1 saturated heterocycles. The molecule has 5 rings (SSSR count). The molecular formula is C31H30O4. The van der Waals surface area contributed by atoms with Crippen molar-refractivity contribution >= 4 is 5.97 Å². The fraction of sp³-hybridized carbons (Fsp3) is 0.258. The molecule has 0 unspecified atom stereocenters. The van der Waals surface area contributed by atoms with Crippen LogP contribution in [0.2, 0.25) is 0 Å². The van der Waals surface area contributed by atoms with Crippen molar-refractivity contribution in [3.05, 3.63) is 107 Å². The van der Waals surface area contributed by atoms with Crippen LogP contribution in [0.3, 0.4) is 0 Å². The van der Waals surface area contributed by atoms with Gasteiger partial charge >= 0.3 is 5.97 Å². The predicted octanol–water partition coefficient (Wildman–Crippen LogP) is 7.42. The first kappa shape index (κ1) is 23.1. The molecule has 178 valence electrons. The summed E-state index contributed by atoms with van der Waals surface area (Å²) in [7, 11) is 0. The number of carbonyl (C=O) groups is 1. The van der Waals surface area contributed by atoms with Crippen molar-refractivity contribution < 1.29 is 18.7 Å². The number of hydrogen-bond donors (Lipinski definition) is 0. The lowest BCUT2D eigenvalue weighted by atomic mass is 9.82. The van der Waals surface area contributed by atoms with Crippen LogP contribution in [-0.4, -0.2) is 12.3 Å². The van der Waals surface area contributed by atoms with Gasteiger partial charge in [0, 0.05) is 22.1 Å². The maximum Gasteiger partial charge on any atom is 0.350 e. The van der Waals surface area contributed by atoms with E-state index in [4.69, 9.17) is 13.9 Å². The maximum absolute atomic E-state index is 13.8. The summed E-state index contributed by atoms with van der Waals surface area (Å²) in [5.74, 6) is 0.253. The van der Waals surface area contributed by atoms with Crippen LogP contribution in [0.1, 0.15) is 43.0 Å². The minimum absolute atomic E-state index is 0.403. The Morgan fingerprint density at radius 1 is 0.771 bits per heavy atom. The van der Waals surface area contributed by atoms with Gasteiger partial charge in [-0.05, 0) is 25.0 Å². The molecule has 0 amide bonds. The van der Waals surface area contributed by atoms with Crippen molar-refractivity contribution in [1.29, 1.82) is 0 Å². The zero-order valence-corrected chi connectivity index (χ0v) is 20.8. The van der Waals surface area contributed by atoms with Crippen molar-refractivity contribution in [3.8, 4) is 22.5 Å². The molecule has 1 fully saturated rings. The minimum atomic E-state index is -1.45. The van der Waals surface area contributed by atoms with Gasteiger partial charge in [0.15, 0.2) is 0 Å². The lowest BCUT2D eigenvalue weighted by molar-refractivity contribution is -0.155. The maximum atomic E-state index is 13.8. The number of ether oxygens (including phenoxy) is 2. The molecule has 4 heteroatoms. The number of cyclic esters (lactones) is 1. The monoisotopic (exact) mass is 466 g/mol. The highest BCUT2D eigenvalue weighted by Gasteiger charge is 2.57. The third kappa shape index (κ3) is 3.98. The largest absolute Gasteiger partial charge is 0.463 e. The lowest BCUT2D eigenvalue weighted by Crippen LogP contribution is -2.36. The predicted molar refractivity (Wildman–Crippen MR) is 137 cm³/mol. The van der Waals surface area contributed by atoms with Gasteiger partial charge < -0.3 is 13.9 Å². The van der Waals surface area contributed by atoms with E-state index in [1.807, 2.05) is 63.2 Å². The van der Waals surface area contributed by atoms with E-state index in [1.165, 1.54) is 0 Å². The molecule has 0 bridgehead atoms. The second-order valence-corrected chi connectivity index (χ2v) is 10.4. The summed E-state index contributed by atoms with van der Waals surface area (Å²) in [5, 5.41) is 0. The number of hydrogen-bond acceptors (Lipinski definition) is 4. The highest BCUT2D eigenvalue weighted by atomic mass is 16.8. The van der Waals surface area contributed by atoms with Crippen LogP contribution in [0.5, 0.6) is 0 Å². The molecule has 1 aliphatic rings. The number of benzene rings is 3. The van der Waals surface area contributed by atoms with Gasteiger partial charge in [0.25, 0.3) is 0 Å². The van der Waals surface area contributed by atoms with E-state index < -0.39 is 23.3 Å². The topological polar surface area (TPSA) is 48.7 Å². The van der Waals surface area contributed by atoms with E-state index in [1.54, 1.807) is 6.26 Å². The van der Waals surface area contributed by atoms with Crippen LogP contribution in [0.15, 0.2) is 89.5 Å². The van der Waals surface area contributed by atoms with Crippen LogP contribution >= 0.6 is 0 Å². The highest BCUT2D eigenvalue weighted by Crippen LogP contribution is 2.51. The Morgan fingerprint density at radius 3 is 1.89 bits per heavy atom. The Kier molecular flexibility index (Phi) is 5.65. The molecule has 4 nitrogen and oxygen atoms in total. The van der Waals surface area contributed by atoms with Crippen LogP contribution in [-0.2, 0) is 19.9 Å². The number of rotatable bonds is 4. The summed E-state index contributed by atoms with van der Waals surface area (Å²) in [4.78, 5) is 13.8. The summed E-state index contributed by atoms with van der Waals surface area (Å²) in [6.45, 7) is 10.1. The van der Waals surface area contributed by atoms with E-state index in [2.05, 4.69) is 50.2 Å². The number of esters is 1. The van der Waals surface area contributed by atoms with Gasteiger partial charge in [-0.2, -0.15) is 0 Å². The average molecular weight is 467 g/mol. The summed E-state index contributed by atoms with van der Waals surface area (Å²) in [6, 6.07) is 26.0. The zero-order chi connectivity index (χ0) is 24.8. The molecule has 3 aromatic carbocycles. The molecular weight excluding hydrogens is 436 g/mol. The molecule has 0 radical (unpaired) electrons. The van der Waals surface area contributed by atoms with E-state index in [9.17, 15) is 4.79 Å². The summed E-state index contributed by atoms with van der Waals surface area (Å²) in [6.07, 6.45) is 0.947. The molecule has 1 aromatic heterocycles. The third-order valence-electron chi connectivity index (χ3n) is 6.50. The lowest BCUT2D eigenvalue weighted by Gasteiger charge is -2.29. The van der Waals surface area contributed by atoms with E-state index in [0.29, 0.717) is 16.9 Å². The molecule has 0 spiro atoms. The minimum Gasteiger partial charge on any atom is -0.463 e. The Labute approximate surface area is 206 Å².